The molecule has 0 fully saturated rings. The van der Waals surface area contributed by atoms with E-state index in [0.29, 0.717) is 5.71 Å². The van der Waals surface area contributed by atoms with Crippen LogP contribution in [-0.4, -0.2) is 61.7 Å². The fraction of sp³-hybridized carbons (Fsp3) is 0.0515. The van der Waals surface area contributed by atoms with Crippen LogP contribution in [0, 0.1) is 65.1 Å². The van der Waals surface area contributed by atoms with Gasteiger partial charge in [0.2, 0.25) is 0 Å². The minimum atomic E-state index is 0. The molecule has 0 saturated carbocycles. The second-order valence-electron chi connectivity index (χ2n) is 24.6. The van der Waals surface area contributed by atoms with Gasteiger partial charge in [0.05, 0.1) is 5.69 Å². The summed E-state index contributed by atoms with van der Waals surface area (Å²) < 4.78 is 9.07. The van der Waals surface area contributed by atoms with Crippen molar-refractivity contribution in [3.8, 4) is 95.2 Å². The SMILES string of the molecule is CC(=[N-])/C=C(/C)N(C)c1[c-]cc(-c2ccc(-c3ccccc3)cc2)cc1.Cc1cc(C)n(-c2[c-]cccc2)n1.[CH3-].[CH3-].[Ir+3].[Ir+3].[Ir+3].[c-]1cc(-c2ccc(-c3ccccc3)cc2)ccc1-n1cccn1.[c-]1cc(-c2ccc(-c3ccccc3)cc2)ccc1-n1cccn1.[c-]1ccccc1-n1cccn1.[c-]1ccccc1-n1cccn1. The van der Waals surface area contributed by atoms with Crippen LogP contribution in [0.1, 0.15) is 25.2 Å². The Kier molecular flexibility index (Phi) is 35.1. The number of allylic oxidation sites excluding steroid dienone is 2. The first kappa shape index (κ1) is 87.1. The molecule has 0 bridgehead atoms. The number of benzene rings is 12. The summed E-state index contributed by atoms with van der Waals surface area (Å²) in [6, 6.07) is 128. The molecule has 15 heteroatoms. The van der Waals surface area contributed by atoms with Gasteiger partial charge >= 0.3 is 60.3 Å². The first-order chi connectivity index (χ1) is 52.5. The van der Waals surface area contributed by atoms with Gasteiger partial charge < -0.3 is 25.2 Å². The van der Waals surface area contributed by atoms with Crippen LogP contribution in [0.4, 0.5) is 5.69 Å². The standard InChI is InChI=1S/C24H22N2.2C21H15N2.C11H11N2.2C9H7N2.2CH3.3Ir/c1-18(25)17-19(2)26(3)24-15-13-23(14-16-24)22-11-9-21(10-12-22)20-7-5-4-6-8-20;2*1-2-5-17(6-3-1)18-7-9-19(10-8-18)20-11-13-21(14-12-20)23-16-4-15-22-23;1-9-8-10(2)13(12-9)11-6-4-3-5-7-11;2*1-2-5-9(6-3-1)11-8-4-7-10-11;;;;;/h4-15,17H,1-3H3;2*1-13,15-16H;3-6,8H,1-2H3;2*1-5,7-8H;2*1H3;;;/q-2;7*-1;3*+3/b19-17-;;;;;;;;;;. The number of nitrogens with zero attached hydrogens (tertiary/aromatic N) is 12. The number of hydrogen-bond donors (Lipinski definition) is 0. The summed E-state index contributed by atoms with van der Waals surface area (Å²) in [4.78, 5) is 2.00. The van der Waals surface area contributed by atoms with E-state index in [9.17, 15) is 5.41 Å². The first-order valence-electron chi connectivity index (χ1n) is 35.0. The Labute approximate surface area is 700 Å². The zero-order valence-corrected chi connectivity index (χ0v) is 70.3. The number of rotatable bonds is 14. The molecule has 5 aromatic heterocycles. The molecule has 12 nitrogen and oxygen atoms in total. The third-order valence-electron chi connectivity index (χ3n) is 17.0. The van der Waals surface area contributed by atoms with Crippen LogP contribution in [-0.2, 0) is 60.3 Å². The largest absolute Gasteiger partial charge is 3.00 e. The van der Waals surface area contributed by atoms with Gasteiger partial charge in [0.15, 0.2) is 0 Å². The van der Waals surface area contributed by atoms with Gasteiger partial charge in [-0.1, -0.05) is 199 Å². The van der Waals surface area contributed by atoms with E-state index >= 15 is 0 Å². The molecule has 0 unspecified atom stereocenters. The van der Waals surface area contributed by atoms with Crippen LogP contribution >= 0.6 is 0 Å². The molecule has 0 aliphatic heterocycles. The maximum absolute atomic E-state index is 9.42. The monoisotopic (exact) mass is 1990 g/mol. The first-order valence-corrected chi connectivity index (χ1v) is 35.0. The number of hydrogen-bond acceptors (Lipinski definition) is 6. The van der Waals surface area contributed by atoms with E-state index in [2.05, 4.69) is 232 Å². The second kappa shape index (κ2) is 45.1. The third kappa shape index (κ3) is 24.9. The van der Waals surface area contributed by atoms with Crippen LogP contribution in [0.2, 0.25) is 0 Å². The number of para-hydroxylation sites is 3. The molecule has 0 N–H and O–H groups in total. The quantitative estimate of drug-likeness (QED) is 0.0791. The van der Waals surface area contributed by atoms with Gasteiger partial charge in [0.1, 0.15) is 0 Å². The smallest absolute Gasteiger partial charge is 0.808 e. The molecule has 0 atom stereocenters. The molecule has 0 aliphatic rings. The Morgan fingerprint density at radius 1 is 0.330 bits per heavy atom. The molecule has 112 heavy (non-hydrogen) atoms. The Morgan fingerprint density at radius 3 is 0.875 bits per heavy atom. The molecule has 0 radical (unpaired) electrons. The van der Waals surface area contributed by atoms with Crippen LogP contribution in [0.5, 0.6) is 0 Å². The molecule has 17 aromatic rings. The third-order valence-corrected chi connectivity index (χ3v) is 17.0. The zero-order valence-electron chi connectivity index (χ0n) is 63.2. The molecule has 17 rings (SSSR count). The summed E-state index contributed by atoms with van der Waals surface area (Å²) in [5.41, 5.74) is 23.6. The van der Waals surface area contributed by atoms with Crippen molar-refractivity contribution in [3.05, 3.63) is 451 Å². The van der Waals surface area contributed by atoms with Crippen molar-refractivity contribution in [2.75, 3.05) is 11.9 Å². The maximum Gasteiger partial charge on any atom is 3.00 e. The summed E-state index contributed by atoms with van der Waals surface area (Å²) in [5, 5.41) is 30.4. The molecule has 12 aromatic carbocycles. The Morgan fingerprint density at radius 2 is 0.616 bits per heavy atom. The molecule has 0 amide bonds. The summed E-state index contributed by atoms with van der Waals surface area (Å²) in [7, 11) is 1.97. The molecule has 0 saturated heterocycles. The van der Waals surface area contributed by atoms with Crippen LogP contribution in [0.25, 0.3) is 101 Å². The van der Waals surface area contributed by atoms with Crippen molar-refractivity contribution < 1.29 is 60.3 Å². The van der Waals surface area contributed by atoms with Gasteiger partial charge in [0.25, 0.3) is 0 Å². The van der Waals surface area contributed by atoms with E-state index in [1.54, 1.807) is 47.2 Å². The van der Waals surface area contributed by atoms with Gasteiger partial charge in [0, 0.05) is 68.0 Å². The van der Waals surface area contributed by atoms with E-state index in [0.717, 1.165) is 67.9 Å². The van der Waals surface area contributed by atoms with Gasteiger partial charge in [-0.3, -0.25) is 23.4 Å². The number of anilines is 1. The summed E-state index contributed by atoms with van der Waals surface area (Å²) in [5.74, 6) is 0. The van der Waals surface area contributed by atoms with Crippen LogP contribution in [0.3, 0.4) is 0 Å². The molecule has 0 spiro atoms. The Bertz CT molecular complexity index is 5200. The van der Waals surface area contributed by atoms with Crippen LogP contribution < -0.4 is 4.90 Å². The van der Waals surface area contributed by atoms with Crippen molar-refractivity contribution in [3.63, 3.8) is 0 Å². The average Bonchev–Trinajstić information content (AvgIpc) is 1.11. The predicted octanol–water partition coefficient (Wildman–Crippen LogP) is 22.7. The van der Waals surface area contributed by atoms with Crippen molar-refractivity contribution in [2.24, 2.45) is 0 Å². The predicted molar refractivity (Wildman–Crippen MR) is 448 cm³/mol. The van der Waals surface area contributed by atoms with Gasteiger partial charge in [-0.05, 0) is 113 Å². The molecule has 0 aliphatic carbocycles. The minimum Gasteiger partial charge on any atom is -0.808 e. The van der Waals surface area contributed by atoms with Gasteiger partial charge in [-0.15, -0.1) is 53.1 Å². The van der Waals surface area contributed by atoms with E-state index in [4.69, 9.17) is 0 Å². The fourth-order valence-electron chi connectivity index (χ4n) is 11.4. The van der Waals surface area contributed by atoms with Gasteiger partial charge in [-0.25, -0.2) is 0 Å². The summed E-state index contributed by atoms with van der Waals surface area (Å²) in [6.45, 7) is 7.67. The Balaban J connectivity index is 0.000000190. The molecule has 5 heterocycles. The van der Waals surface area contributed by atoms with E-state index in [-0.39, 0.29) is 75.2 Å². The van der Waals surface area contributed by atoms with E-state index in [1.807, 2.05) is 223 Å². The Hall–Kier alpha value is -12.2. The molecule has 558 valence electrons. The fourth-order valence-corrected chi connectivity index (χ4v) is 11.4. The summed E-state index contributed by atoms with van der Waals surface area (Å²) >= 11 is 0. The van der Waals surface area contributed by atoms with Crippen molar-refractivity contribution in [2.45, 2.75) is 27.7 Å². The van der Waals surface area contributed by atoms with E-state index in [1.165, 1.54) is 50.1 Å². The van der Waals surface area contributed by atoms with Crippen molar-refractivity contribution >= 4 is 11.4 Å². The van der Waals surface area contributed by atoms with Crippen molar-refractivity contribution in [1.29, 1.82) is 0 Å². The maximum atomic E-state index is 9.42. The second-order valence-corrected chi connectivity index (χ2v) is 24.6. The topological polar surface area (TPSA) is 115 Å². The molecular formula is C97H83Ir3N12. The summed E-state index contributed by atoms with van der Waals surface area (Å²) in [6.07, 6.45) is 16.4. The van der Waals surface area contributed by atoms with E-state index < -0.39 is 0 Å². The van der Waals surface area contributed by atoms with Crippen LogP contribution in [0.15, 0.2) is 383 Å². The zero-order chi connectivity index (χ0) is 73.8. The van der Waals surface area contributed by atoms with Gasteiger partial charge in [-0.2, -0.15) is 159 Å². The molecular weight excluding hydrogens is 1910 g/mol. The average molecular weight is 1990 g/mol. The number of aryl methyl sites for hydroxylation is 2. The minimum absolute atomic E-state index is 0. The van der Waals surface area contributed by atoms with Crippen molar-refractivity contribution in [1.82, 2.24) is 48.9 Å². The normalized spacial score (nSPS) is 10.1. The number of aromatic nitrogens is 10.